The van der Waals surface area contributed by atoms with Gasteiger partial charge in [0.25, 0.3) is 0 Å². The van der Waals surface area contributed by atoms with E-state index in [9.17, 15) is 10.2 Å². The first-order valence-corrected chi connectivity index (χ1v) is 9.09. The first-order valence-electron chi connectivity index (χ1n) is 8.02. The lowest BCUT2D eigenvalue weighted by Gasteiger charge is -2.11. The third-order valence-electron chi connectivity index (χ3n) is 3.50. The van der Waals surface area contributed by atoms with Crippen molar-refractivity contribution >= 4 is 23.2 Å². The zero-order valence-electron chi connectivity index (χ0n) is 13.8. The molecule has 2 aromatic carbocycles. The summed E-state index contributed by atoms with van der Waals surface area (Å²) in [5.74, 6) is 1.72. The number of halogens is 2. The maximum Gasteiger partial charge on any atom is 0.119 e. The highest BCUT2D eigenvalue weighted by Crippen LogP contribution is 2.18. The predicted octanol–water partition coefficient (Wildman–Crippen LogP) is 3.23. The Bertz CT molecular complexity index is 561. The fraction of sp³-hybridized carbons (Fsp3) is 0.368. The molecule has 2 N–H and O–H groups in total. The summed E-state index contributed by atoms with van der Waals surface area (Å²) in [5.41, 5.74) is 2.30. The lowest BCUT2D eigenvalue weighted by molar-refractivity contribution is 0.125. The van der Waals surface area contributed by atoms with Crippen molar-refractivity contribution in [3.63, 3.8) is 0 Å². The highest BCUT2D eigenvalue weighted by molar-refractivity contribution is 6.18. The van der Waals surface area contributed by atoms with Crippen LogP contribution < -0.4 is 9.47 Å². The molecule has 0 heterocycles. The molecule has 0 fully saturated rings. The third-order valence-corrected chi connectivity index (χ3v) is 4.21. The van der Waals surface area contributed by atoms with Crippen LogP contribution in [0.4, 0.5) is 0 Å². The molecular formula is C19H22Cl2O4. The number of hydrogen-bond acceptors (Lipinski definition) is 4. The summed E-state index contributed by atoms with van der Waals surface area (Å²) in [4.78, 5) is 0. The monoisotopic (exact) mass is 384 g/mol. The molecule has 2 rings (SSSR count). The molecule has 0 aliphatic rings. The number of alkyl halides is 2. The van der Waals surface area contributed by atoms with Crippen molar-refractivity contribution < 1.29 is 19.7 Å². The van der Waals surface area contributed by atoms with E-state index >= 15 is 0 Å². The van der Waals surface area contributed by atoms with Gasteiger partial charge in [-0.3, -0.25) is 0 Å². The number of ether oxygens (including phenoxy) is 2. The van der Waals surface area contributed by atoms with Crippen LogP contribution in [0.3, 0.4) is 0 Å². The first kappa shape index (κ1) is 19.9. The number of aliphatic hydroxyl groups is 2. The molecule has 0 radical (unpaired) electrons. The van der Waals surface area contributed by atoms with E-state index in [0.29, 0.717) is 11.5 Å². The van der Waals surface area contributed by atoms with Crippen LogP contribution >= 0.6 is 23.2 Å². The quantitative estimate of drug-likeness (QED) is 0.617. The third kappa shape index (κ3) is 7.12. The van der Waals surface area contributed by atoms with Gasteiger partial charge in [-0.25, -0.2) is 0 Å². The molecule has 0 saturated heterocycles. The normalized spacial score (nSPS) is 13.3. The molecule has 0 saturated carbocycles. The van der Waals surface area contributed by atoms with E-state index in [2.05, 4.69) is 0 Å². The number of aliphatic hydroxyl groups excluding tert-OH is 2. The smallest absolute Gasteiger partial charge is 0.119 e. The van der Waals surface area contributed by atoms with E-state index in [1.165, 1.54) is 0 Å². The van der Waals surface area contributed by atoms with Gasteiger partial charge in [0.1, 0.15) is 36.9 Å². The van der Waals surface area contributed by atoms with Gasteiger partial charge in [0.15, 0.2) is 0 Å². The lowest BCUT2D eigenvalue weighted by atomic mass is 10.0. The molecule has 0 spiro atoms. The predicted molar refractivity (Wildman–Crippen MR) is 100 cm³/mol. The van der Waals surface area contributed by atoms with E-state index < -0.39 is 12.2 Å². The standard InChI is InChI=1S/C19H22Cl2O4/c20-10-16(22)12-24-18-5-1-14(2-6-18)9-15-3-7-19(8-4-15)25-13-17(23)11-21/h1-8,16-17,22-23H,9-13H2/t16-,17?/m0/s1. The molecule has 0 bridgehead atoms. The van der Waals surface area contributed by atoms with E-state index in [4.69, 9.17) is 32.7 Å². The fourth-order valence-electron chi connectivity index (χ4n) is 2.12. The van der Waals surface area contributed by atoms with Gasteiger partial charge in [-0.05, 0) is 41.8 Å². The maximum absolute atomic E-state index is 9.39. The van der Waals surface area contributed by atoms with Crippen molar-refractivity contribution in [2.75, 3.05) is 25.0 Å². The molecule has 2 aromatic rings. The Morgan fingerprint density at radius 3 is 1.36 bits per heavy atom. The summed E-state index contributed by atoms with van der Waals surface area (Å²) in [6.07, 6.45) is -0.532. The van der Waals surface area contributed by atoms with Gasteiger partial charge < -0.3 is 19.7 Å². The molecule has 0 amide bonds. The summed E-state index contributed by atoms with van der Waals surface area (Å²) in [7, 11) is 0. The van der Waals surface area contributed by atoms with Gasteiger partial charge in [0.05, 0.1) is 11.8 Å². The van der Waals surface area contributed by atoms with Crippen molar-refractivity contribution in [3.05, 3.63) is 59.7 Å². The lowest BCUT2D eigenvalue weighted by Crippen LogP contribution is -2.18. The van der Waals surface area contributed by atoms with E-state index in [1.807, 2.05) is 48.5 Å². The van der Waals surface area contributed by atoms with E-state index in [0.717, 1.165) is 17.5 Å². The Morgan fingerprint density at radius 1 is 0.680 bits per heavy atom. The second-order valence-corrected chi connectivity index (χ2v) is 6.32. The summed E-state index contributed by atoms with van der Waals surface area (Å²) in [6.45, 7) is 0.367. The Balaban J connectivity index is 1.85. The molecule has 0 aromatic heterocycles. The highest BCUT2D eigenvalue weighted by Gasteiger charge is 2.05. The fourth-order valence-corrected chi connectivity index (χ4v) is 2.29. The summed E-state index contributed by atoms with van der Waals surface area (Å²) < 4.78 is 10.9. The zero-order valence-corrected chi connectivity index (χ0v) is 15.3. The highest BCUT2D eigenvalue weighted by atomic mass is 35.5. The molecule has 0 aliphatic carbocycles. The van der Waals surface area contributed by atoms with Crippen LogP contribution in [0.2, 0.25) is 0 Å². The van der Waals surface area contributed by atoms with Crippen LogP contribution in [-0.4, -0.2) is 47.4 Å². The second kappa shape index (κ2) is 10.5. The molecule has 2 atom stereocenters. The van der Waals surface area contributed by atoms with E-state index in [1.54, 1.807) is 0 Å². The molecule has 136 valence electrons. The van der Waals surface area contributed by atoms with Gasteiger partial charge in [-0.15, -0.1) is 23.2 Å². The second-order valence-electron chi connectivity index (χ2n) is 5.70. The average Bonchev–Trinajstić information content (AvgIpc) is 2.66. The van der Waals surface area contributed by atoms with Crippen molar-refractivity contribution in [2.24, 2.45) is 0 Å². The summed E-state index contributed by atoms with van der Waals surface area (Å²) in [6, 6.07) is 15.5. The van der Waals surface area contributed by atoms with Crippen LogP contribution in [0, 0.1) is 0 Å². The van der Waals surface area contributed by atoms with Gasteiger partial charge >= 0.3 is 0 Å². The van der Waals surface area contributed by atoms with Crippen molar-refractivity contribution in [3.8, 4) is 11.5 Å². The number of benzene rings is 2. The molecular weight excluding hydrogens is 363 g/mol. The zero-order chi connectivity index (χ0) is 18.1. The Labute approximate surface area is 157 Å². The Morgan fingerprint density at radius 2 is 1.04 bits per heavy atom. The van der Waals surface area contributed by atoms with Crippen LogP contribution in [0.5, 0.6) is 11.5 Å². The summed E-state index contributed by atoms with van der Waals surface area (Å²) >= 11 is 11.1. The van der Waals surface area contributed by atoms with Gasteiger partial charge in [-0.2, -0.15) is 0 Å². The molecule has 25 heavy (non-hydrogen) atoms. The SMILES string of the molecule is OC(CCl)COc1ccc(Cc2ccc(OC[C@@H](O)CCl)cc2)cc1. The minimum atomic E-state index is -0.660. The van der Waals surface area contributed by atoms with E-state index in [-0.39, 0.29) is 25.0 Å². The van der Waals surface area contributed by atoms with Crippen LogP contribution in [0.15, 0.2) is 48.5 Å². The Hall–Kier alpha value is -1.46. The largest absolute Gasteiger partial charge is 0.491 e. The van der Waals surface area contributed by atoms with Crippen molar-refractivity contribution in [1.82, 2.24) is 0 Å². The van der Waals surface area contributed by atoms with Gasteiger partial charge in [0, 0.05) is 0 Å². The number of hydrogen-bond donors (Lipinski definition) is 2. The van der Waals surface area contributed by atoms with Crippen molar-refractivity contribution in [1.29, 1.82) is 0 Å². The van der Waals surface area contributed by atoms with Gasteiger partial charge in [-0.1, -0.05) is 24.3 Å². The first-order chi connectivity index (χ1) is 12.1. The average molecular weight is 385 g/mol. The molecule has 1 unspecified atom stereocenters. The van der Waals surface area contributed by atoms with Crippen LogP contribution in [-0.2, 0) is 6.42 Å². The molecule has 6 heteroatoms. The van der Waals surface area contributed by atoms with Gasteiger partial charge in [0.2, 0.25) is 0 Å². The molecule has 4 nitrogen and oxygen atoms in total. The maximum atomic E-state index is 9.39. The van der Waals surface area contributed by atoms with Crippen LogP contribution in [0.1, 0.15) is 11.1 Å². The number of rotatable bonds is 10. The topological polar surface area (TPSA) is 58.9 Å². The Kier molecular flexibility index (Phi) is 8.35. The molecule has 0 aliphatic heterocycles. The minimum Gasteiger partial charge on any atom is -0.491 e. The minimum absolute atomic E-state index is 0.155. The van der Waals surface area contributed by atoms with Crippen molar-refractivity contribution in [2.45, 2.75) is 18.6 Å². The van der Waals surface area contributed by atoms with Crippen LogP contribution in [0.25, 0.3) is 0 Å². The summed E-state index contributed by atoms with van der Waals surface area (Å²) in [5, 5.41) is 18.8.